The van der Waals surface area contributed by atoms with Gasteiger partial charge < -0.3 is 10.4 Å². The fourth-order valence-corrected chi connectivity index (χ4v) is 2.23. The Morgan fingerprint density at radius 3 is 2.70 bits per heavy atom. The van der Waals surface area contributed by atoms with Crippen LogP contribution in [0.1, 0.15) is 24.8 Å². The number of carbonyl (C=O) groups is 2. The maximum atomic E-state index is 11.8. The van der Waals surface area contributed by atoms with Gasteiger partial charge in [0.2, 0.25) is 5.91 Å². The van der Waals surface area contributed by atoms with Crippen molar-refractivity contribution >= 4 is 29.6 Å². The molecule has 1 aromatic carbocycles. The highest BCUT2D eigenvalue weighted by Crippen LogP contribution is 2.34. The Labute approximate surface area is 122 Å². The van der Waals surface area contributed by atoms with Crippen LogP contribution in [-0.2, 0) is 9.59 Å². The van der Waals surface area contributed by atoms with E-state index < -0.39 is 5.97 Å². The maximum absolute atomic E-state index is 11.8. The monoisotopic (exact) mass is 293 g/mol. The zero-order valence-electron chi connectivity index (χ0n) is 10.9. The molecule has 1 aromatic rings. The number of carbonyl (C=O) groups excluding carboxylic acids is 1. The smallest absolute Gasteiger partial charge is 0.305 e. The topological polar surface area (TPSA) is 66.4 Å². The number of rotatable bonds is 6. The first kappa shape index (κ1) is 14.6. The van der Waals surface area contributed by atoms with Crippen LogP contribution < -0.4 is 5.32 Å². The second-order valence-electron chi connectivity index (χ2n) is 4.91. The highest BCUT2D eigenvalue weighted by molar-refractivity contribution is 6.32. The normalized spacial score (nSPS) is 16.1. The van der Waals surface area contributed by atoms with E-state index in [4.69, 9.17) is 16.7 Å². The van der Waals surface area contributed by atoms with Gasteiger partial charge in [-0.3, -0.25) is 9.59 Å². The van der Waals surface area contributed by atoms with E-state index in [0.29, 0.717) is 10.9 Å². The van der Waals surface area contributed by atoms with Gasteiger partial charge in [-0.15, -0.1) is 0 Å². The van der Waals surface area contributed by atoms with E-state index in [2.05, 4.69) is 5.32 Å². The van der Waals surface area contributed by atoms with Gasteiger partial charge in [0.1, 0.15) is 0 Å². The van der Waals surface area contributed by atoms with Gasteiger partial charge in [0.15, 0.2) is 0 Å². The molecule has 0 aromatic heterocycles. The minimum atomic E-state index is -0.891. The molecule has 0 radical (unpaired) electrons. The first-order valence-electron chi connectivity index (χ1n) is 6.51. The second-order valence-corrected chi connectivity index (χ2v) is 5.31. The van der Waals surface area contributed by atoms with Gasteiger partial charge in [0.05, 0.1) is 6.42 Å². The van der Waals surface area contributed by atoms with Crippen LogP contribution in [0.2, 0.25) is 5.02 Å². The van der Waals surface area contributed by atoms with E-state index in [9.17, 15) is 9.59 Å². The van der Waals surface area contributed by atoms with E-state index >= 15 is 0 Å². The first-order valence-corrected chi connectivity index (χ1v) is 6.89. The summed E-state index contributed by atoms with van der Waals surface area (Å²) in [5.74, 6) is -0.885. The van der Waals surface area contributed by atoms with Gasteiger partial charge in [0, 0.05) is 17.1 Å². The summed E-state index contributed by atoms with van der Waals surface area (Å²) in [6.07, 6.45) is 4.94. The zero-order chi connectivity index (χ0) is 14.5. The lowest BCUT2D eigenvalue weighted by Crippen LogP contribution is -2.37. The molecule has 0 saturated heterocycles. The lowest BCUT2D eigenvalue weighted by atomic mass is 10.1. The molecule has 1 atom stereocenters. The highest BCUT2D eigenvalue weighted by Gasteiger charge is 2.33. The van der Waals surface area contributed by atoms with Crippen molar-refractivity contribution < 1.29 is 14.7 Å². The van der Waals surface area contributed by atoms with Gasteiger partial charge in [-0.2, -0.15) is 0 Å². The first-order chi connectivity index (χ1) is 9.56. The minimum Gasteiger partial charge on any atom is -0.481 e. The molecule has 0 aliphatic heterocycles. The Morgan fingerprint density at radius 2 is 2.10 bits per heavy atom. The number of benzene rings is 1. The number of halogens is 1. The van der Waals surface area contributed by atoms with Crippen molar-refractivity contribution in [2.75, 3.05) is 0 Å². The summed E-state index contributed by atoms with van der Waals surface area (Å²) in [6.45, 7) is 0. The van der Waals surface area contributed by atoms with E-state index in [0.717, 1.165) is 18.4 Å². The molecular formula is C15H16ClNO3. The molecule has 0 bridgehead atoms. The van der Waals surface area contributed by atoms with Gasteiger partial charge in [-0.1, -0.05) is 29.8 Å². The van der Waals surface area contributed by atoms with Crippen LogP contribution in [0.4, 0.5) is 0 Å². The number of hydrogen-bond acceptors (Lipinski definition) is 2. The standard InChI is InChI=1S/C15H16ClNO3/c16-12-4-2-1-3-10(12)7-8-14(18)17-13(9-15(19)20)11-5-6-11/h1-4,7-8,11,13H,5-6,9H2,(H,17,18)(H,19,20)/b8-7+. The molecule has 1 aliphatic carbocycles. The number of aliphatic carboxylic acids is 1. The number of carboxylic acids is 1. The van der Waals surface area contributed by atoms with Crippen LogP contribution in [0.3, 0.4) is 0 Å². The molecule has 1 unspecified atom stereocenters. The van der Waals surface area contributed by atoms with Crippen LogP contribution in [0.5, 0.6) is 0 Å². The molecule has 5 heteroatoms. The van der Waals surface area contributed by atoms with E-state index in [-0.39, 0.29) is 18.4 Å². The molecule has 20 heavy (non-hydrogen) atoms. The summed E-state index contributed by atoms with van der Waals surface area (Å²) >= 11 is 5.98. The molecule has 1 fully saturated rings. The molecule has 106 valence electrons. The predicted octanol–water partition coefficient (Wildman–Crippen LogP) is 2.72. The van der Waals surface area contributed by atoms with Crippen LogP contribution in [0.15, 0.2) is 30.3 Å². The third-order valence-corrected chi connectivity index (χ3v) is 3.58. The molecule has 1 amide bonds. The number of hydrogen-bond donors (Lipinski definition) is 2. The average molecular weight is 294 g/mol. The van der Waals surface area contributed by atoms with Gasteiger partial charge in [-0.25, -0.2) is 0 Å². The van der Waals surface area contributed by atoms with Crippen LogP contribution in [0, 0.1) is 5.92 Å². The van der Waals surface area contributed by atoms with Gasteiger partial charge >= 0.3 is 5.97 Å². The van der Waals surface area contributed by atoms with Crippen LogP contribution >= 0.6 is 11.6 Å². The SMILES string of the molecule is O=C(O)CC(NC(=O)/C=C/c1ccccc1Cl)C1CC1. The Kier molecular flexibility index (Phi) is 4.79. The molecule has 2 rings (SSSR count). The van der Waals surface area contributed by atoms with Crippen molar-refractivity contribution in [3.8, 4) is 0 Å². The number of nitrogens with one attached hydrogen (secondary N) is 1. The fraction of sp³-hybridized carbons (Fsp3) is 0.333. The van der Waals surface area contributed by atoms with Crippen molar-refractivity contribution in [3.63, 3.8) is 0 Å². The number of amides is 1. The molecule has 2 N–H and O–H groups in total. The average Bonchev–Trinajstić information content (AvgIpc) is 3.21. The Balaban J connectivity index is 1.94. The summed E-state index contributed by atoms with van der Waals surface area (Å²) in [4.78, 5) is 22.6. The third kappa shape index (κ3) is 4.38. The fourth-order valence-electron chi connectivity index (χ4n) is 2.03. The second kappa shape index (κ2) is 6.57. The molecule has 0 heterocycles. The van der Waals surface area contributed by atoms with Gasteiger partial charge in [-0.05, 0) is 36.5 Å². The summed E-state index contributed by atoms with van der Waals surface area (Å²) in [5, 5.41) is 12.2. The van der Waals surface area contributed by atoms with Crippen LogP contribution in [-0.4, -0.2) is 23.0 Å². The van der Waals surface area contributed by atoms with E-state index in [1.807, 2.05) is 18.2 Å². The minimum absolute atomic E-state index is 0.0314. The van der Waals surface area contributed by atoms with E-state index in [1.165, 1.54) is 6.08 Å². The molecule has 0 spiro atoms. The predicted molar refractivity (Wildman–Crippen MR) is 77.4 cm³/mol. The highest BCUT2D eigenvalue weighted by atomic mass is 35.5. The van der Waals surface area contributed by atoms with Crippen molar-refractivity contribution in [2.45, 2.75) is 25.3 Å². The van der Waals surface area contributed by atoms with Crippen LogP contribution in [0.25, 0.3) is 6.08 Å². The molecule has 1 aliphatic rings. The zero-order valence-corrected chi connectivity index (χ0v) is 11.6. The Bertz CT molecular complexity index is 538. The van der Waals surface area contributed by atoms with Crippen molar-refractivity contribution in [1.29, 1.82) is 0 Å². The quantitative estimate of drug-likeness (QED) is 0.793. The third-order valence-electron chi connectivity index (χ3n) is 3.23. The summed E-state index contributed by atoms with van der Waals surface area (Å²) in [6, 6.07) is 6.92. The largest absolute Gasteiger partial charge is 0.481 e. The van der Waals surface area contributed by atoms with Gasteiger partial charge in [0.25, 0.3) is 0 Å². The maximum Gasteiger partial charge on any atom is 0.305 e. The molecule has 4 nitrogen and oxygen atoms in total. The van der Waals surface area contributed by atoms with Crippen molar-refractivity contribution in [2.24, 2.45) is 5.92 Å². The van der Waals surface area contributed by atoms with Crippen molar-refractivity contribution in [3.05, 3.63) is 40.9 Å². The van der Waals surface area contributed by atoms with E-state index in [1.54, 1.807) is 12.1 Å². The summed E-state index contributed by atoms with van der Waals surface area (Å²) in [7, 11) is 0. The summed E-state index contributed by atoms with van der Waals surface area (Å²) in [5.41, 5.74) is 0.755. The summed E-state index contributed by atoms with van der Waals surface area (Å²) < 4.78 is 0. The Hall–Kier alpha value is -1.81. The molecule has 1 saturated carbocycles. The Morgan fingerprint density at radius 1 is 1.40 bits per heavy atom. The van der Waals surface area contributed by atoms with Crippen molar-refractivity contribution in [1.82, 2.24) is 5.32 Å². The molecular weight excluding hydrogens is 278 g/mol. The lowest BCUT2D eigenvalue weighted by molar-refractivity contribution is -0.137. The lowest BCUT2D eigenvalue weighted by Gasteiger charge is -2.14. The number of carboxylic acid groups (broad SMARTS) is 1.